The van der Waals surface area contributed by atoms with E-state index in [0.717, 1.165) is 67.2 Å². The van der Waals surface area contributed by atoms with E-state index in [0.29, 0.717) is 66.9 Å². The number of carboxylic acids is 1. The number of alkyl halides is 3. The smallest absolute Gasteiger partial charge is 0.548 e. The average molecular weight is 2010 g/mol. The van der Waals surface area contributed by atoms with Crippen molar-refractivity contribution in [3.05, 3.63) is 124 Å². The maximum Gasteiger partial charge on any atom is 1.00 e. The van der Waals surface area contributed by atoms with E-state index in [1.54, 1.807) is 99.0 Å². The molecule has 0 bridgehead atoms. The van der Waals surface area contributed by atoms with E-state index in [-0.39, 0.29) is 131 Å². The number of hydrogen-bond acceptors (Lipinski definition) is 32. The summed E-state index contributed by atoms with van der Waals surface area (Å²) >= 11 is 14.9. The molecule has 0 unspecified atom stereocenters. The predicted molar refractivity (Wildman–Crippen MR) is 449 cm³/mol. The number of carboxylic acid groups (broad SMARTS) is 1. The van der Waals surface area contributed by atoms with Crippen LogP contribution in [0.25, 0.3) is 0 Å². The van der Waals surface area contributed by atoms with Crippen molar-refractivity contribution in [2.45, 2.75) is 131 Å². The van der Waals surface area contributed by atoms with Gasteiger partial charge in [-0.05, 0) is 103 Å². The fourth-order valence-corrected chi connectivity index (χ4v) is 13.3. The van der Waals surface area contributed by atoms with Crippen LogP contribution in [-0.4, -0.2) is 273 Å². The van der Waals surface area contributed by atoms with Gasteiger partial charge in [-0.15, -0.1) is 23.2 Å². The van der Waals surface area contributed by atoms with Crippen molar-refractivity contribution in [1.29, 1.82) is 0 Å². The first-order valence-electron chi connectivity index (χ1n) is 39.4. The Bertz CT molecular complexity index is 5060. The quantitative estimate of drug-likeness (QED) is 0.0400. The van der Waals surface area contributed by atoms with Crippen LogP contribution in [0.1, 0.15) is 96.1 Å². The molecule has 9 heterocycles. The van der Waals surface area contributed by atoms with Crippen LogP contribution in [-0.2, 0) is 137 Å². The molecule has 3 aromatic heterocycles. The van der Waals surface area contributed by atoms with E-state index >= 15 is 8.78 Å². The van der Waals surface area contributed by atoms with Gasteiger partial charge in [-0.2, -0.15) is 15.3 Å². The second kappa shape index (κ2) is 47.7. The number of halogens is 6. The van der Waals surface area contributed by atoms with E-state index in [4.69, 9.17) is 77.4 Å². The Balaban J connectivity index is 0.000000247. The molecule has 50 heteroatoms. The van der Waals surface area contributed by atoms with E-state index in [9.17, 15) is 76.6 Å². The number of aliphatic carboxylic acids is 1. The second-order valence-corrected chi connectivity index (χ2v) is 32.3. The number of cyclic esters (lactones) is 3. The number of rotatable bonds is 23. The third-order valence-corrected chi connectivity index (χ3v) is 19.0. The molecule has 0 saturated carbocycles. The van der Waals surface area contributed by atoms with Gasteiger partial charge in [0, 0.05) is 111 Å². The van der Waals surface area contributed by atoms with Gasteiger partial charge in [0.05, 0.1) is 135 Å². The van der Waals surface area contributed by atoms with Gasteiger partial charge in [0.25, 0.3) is 0 Å². The Kier molecular flexibility index (Phi) is 38.9. The first-order chi connectivity index (χ1) is 60.7. The van der Waals surface area contributed by atoms with Gasteiger partial charge in [-0.3, -0.25) is 52.7 Å². The number of ether oxygens (including phenoxy) is 10. The number of fused-ring (bicyclic) bond motifs is 3. The molecular weight excluding hydrogens is 1910 g/mol. The molecule has 130 heavy (non-hydrogen) atoms. The number of likely N-dealkylation sites (N-methyl/N-ethyl adjacent to an activating group) is 3. The third-order valence-electron chi connectivity index (χ3n) is 18.9. The van der Waals surface area contributed by atoms with Crippen LogP contribution in [0, 0.1) is 17.5 Å². The molecule has 1 N–H and O–H groups in total. The molecule has 3 saturated heterocycles. The number of esters is 2. The van der Waals surface area contributed by atoms with E-state index in [1.165, 1.54) is 53.9 Å². The van der Waals surface area contributed by atoms with Crippen molar-refractivity contribution in [3.8, 4) is 0 Å². The van der Waals surface area contributed by atoms with Crippen molar-refractivity contribution in [2.24, 2.45) is 21.1 Å². The minimum Gasteiger partial charge on any atom is -0.548 e. The van der Waals surface area contributed by atoms with Gasteiger partial charge >= 0.3 is 130 Å². The van der Waals surface area contributed by atoms with Crippen molar-refractivity contribution in [2.75, 3.05) is 134 Å². The number of carbonyl (C=O) groups is 14. The zero-order valence-corrected chi connectivity index (χ0v) is 82.7. The van der Waals surface area contributed by atoms with E-state index in [1.807, 2.05) is 54.4 Å². The Hall–Kier alpha value is -11.1. The molecular formula is C80H99Cl3CsF3N18O25. The monoisotopic (exact) mass is 2010 g/mol. The first-order valence-corrected chi connectivity index (χ1v) is 41.0. The minimum atomic E-state index is -1.31. The zero-order chi connectivity index (χ0) is 95.4. The summed E-state index contributed by atoms with van der Waals surface area (Å²) in [4.78, 5) is 180. The summed E-state index contributed by atoms with van der Waals surface area (Å²) in [6.45, 7) is 13.2. The normalized spacial score (nSPS) is 15.5. The van der Waals surface area contributed by atoms with Crippen LogP contribution in [0.15, 0.2) is 73.2 Å². The summed E-state index contributed by atoms with van der Waals surface area (Å²) in [7, 11) is 9.72. The number of anilines is 6. The molecule has 43 nitrogen and oxygen atoms in total. The first kappa shape index (κ1) is 106. The maximum atomic E-state index is 15.1. The van der Waals surface area contributed by atoms with Crippen LogP contribution < -0.4 is 109 Å². The summed E-state index contributed by atoms with van der Waals surface area (Å²) in [6, 6.07) is 12.9. The molecule has 0 radical (unpaired) electrons. The molecule has 6 aliphatic heterocycles. The number of benzene rings is 3. The number of aromatic nitrogens is 6. The predicted octanol–water partition coefficient (Wildman–Crippen LogP) is 4.48. The zero-order valence-electron chi connectivity index (χ0n) is 74.2. The molecule has 3 atom stereocenters. The Labute approximate surface area is 818 Å². The largest absolute Gasteiger partial charge is 1.00 e. The molecule has 702 valence electrons. The van der Waals surface area contributed by atoms with Crippen LogP contribution in [0.5, 0.6) is 0 Å². The van der Waals surface area contributed by atoms with Gasteiger partial charge in [-0.1, -0.05) is 11.6 Å². The summed E-state index contributed by atoms with van der Waals surface area (Å²) in [5.74, 6) is -6.31. The van der Waals surface area contributed by atoms with Crippen LogP contribution in [0.3, 0.4) is 0 Å². The van der Waals surface area contributed by atoms with Gasteiger partial charge in [0.1, 0.15) is 53.5 Å². The molecule has 0 aliphatic carbocycles. The second-order valence-electron chi connectivity index (χ2n) is 31.3. The Morgan fingerprint density at radius 1 is 0.477 bits per heavy atom. The van der Waals surface area contributed by atoms with Crippen LogP contribution in [0.2, 0.25) is 0 Å². The Morgan fingerprint density at radius 3 is 1.05 bits per heavy atom. The molecule has 11 amide bonds. The molecule has 12 rings (SSSR count). The molecule has 0 spiro atoms. The third kappa shape index (κ3) is 30.3. The summed E-state index contributed by atoms with van der Waals surface area (Å²) in [5, 5.41) is 26.0. The number of imide groups is 3. The summed E-state index contributed by atoms with van der Waals surface area (Å²) in [6.07, 6.45) is -3.67. The fraction of sp³-hybridized carbons (Fsp3) is 0.487. The molecule has 3 aromatic carbocycles. The number of nitrogens with zero attached hydrogens (tertiary/aromatic N) is 17. The van der Waals surface area contributed by atoms with E-state index < -0.39 is 164 Å². The van der Waals surface area contributed by atoms with Crippen LogP contribution in [0.4, 0.5) is 85.7 Å². The van der Waals surface area contributed by atoms with Crippen molar-refractivity contribution in [1.82, 2.24) is 59.2 Å². The van der Waals surface area contributed by atoms with E-state index in [2.05, 4.69) is 25.3 Å². The minimum absolute atomic E-state index is 0. The number of hydrogen-bond donors (Lipinski definition) is 1. The van der Waals surface area contributed by atoms with Crippen molar-refractivity contribution < 1.29 is 202 Å². The molecule has 6 aliphatic rings. The van der Waals surface area contributed by atoms with Crippen LogP contribution >= 0.6 is 34.8 Å². The SMILES string of the molecule is CC(=O)N(C[C@H]1CN(c2ccc(N3Cc4cn(C)nc4C3)c(F)c2)C(=O)O1)C(=O)OCCl.CC(=O)N(C[C@H]1CN(c2ccc(N3Cc4cn(C)nc4C3)c(F)c2)C(=O)O1)C(=O)OCOC(=O)CN(C)C(=O)OC(C)(C)C.CN(CC(=O)[O-])C(=O)OC(C)(C)C.CNCC(=O)OCOC(=O)N(C[C@H]1CN(c2ccc(N3Cc4cn(C)nc4C3)c(F)c2)C(=O)O1)C(C)=O.ClCCl.[Cs+]. The summed E-state index contributed by atoms with van der Waals surface area (Å²) in [5.41, 5.74) is 6.38. The molecule has 6 aromatic rings. The van der Waals surface area contributed by atoms with Gasteiger partial charge in [0.15, 0.2) is 6.07 Å². The standard InChI is InChI=1S/C28H35FN6O9.C23H27FN6O7.C20H21ClFN5O5.C8H15NO4.CH2Cl2.Cs/c1-17(36)34(26(39)42-16-41-24(37)15-31(5)25(38)44-28(2,3)4)12-20-13-35(27(40)43-20)19-7-8-23(21(29)9-19)33-11-18-10-32(6)30-22(18)14-33;1-14(31)29(22(33)36-13-35-21(32)7-25-2)10-17-11-30(23(34)37-17)16-4-5-20(18(24)6-16)28-9-15-8-27(3)26-19(15)12-28;1-12(28)26(19(29)31-11-21)8-15-9-27(20(30)32-15)14-3-4-18(16(22)5-14)25-7-13-6-24(2)23-17(13)10-25;1-8(2,3)13-7(12)9(4)5-6(10)11;2-1-3;/h7-10,20H,11-16H2,1-6H3;4-6,8,17,25H,7,9-13H2,1-3H3;3-6,15H,7-11H2,1-2H3;5H2,1-4H3,(H,10,11);1H2;/q;;;;;+1/p-1/t20-;17-;15-;;;/m000.../s1. The number of amides is 11. The fourth-order valence-electron chi connectivity index (χ4n) is 13.2. The van der Waals surface area contributed by atoms with Gasteiger partial charge in [-0.25, -0.2) is 66.2 Å². The van der Waals surface area contributed by atoms with Crippen molar-refractivity contribution >= 4 is 153 Å². The van der Waals surface area contributed by atoms with Gasteiger partial charge < -0.3 is 87.1 Å². The number of carbonyl (C=O) groups excluding carboxylic acids is 14. The van der Waals surface area contributed by atoms with Gasteiger partial charge in [0.2, 0.25) is 31.3 Å². The topological polar surface area (TPSA) is 455 Å². The molecule has 3 fully saturated rings. The number of nitrogens with one attached hydrogen (secondary N) is 1. The maximum absolute atomic E-state index is 15.1. The number of aryl methyl sites for hydroxylation is 3. The van der Waals surface area contributed by atoms with Crippen molar-refractivity contribution in [3.63, 3.8) is 0 Å². The summed E-state index contributed by atoms with van der Waals surface area (Å²) < 4.78 is 100. The Morgan fingerprint density at radius 2 is 0.777 bits per heavy atom. The average Bonchev–Trinajstić information content (AvgIpc) is 1.64.